The largest absolute Gasteiger partial charge is 0.324 e. The van der Waals surface area contributed by atoms with Gasteiger partial charge in [-0.25, -0.2) is 0 Å². The molecule has 3 fully saturated rings. The smallest absolute Gasteiger partial charge is 0.247 e. The standard InChI is InChI=1S/C22H22N2O4/c1-10(20(26)23-13-5-3-12(4-6-13)11(2)25)24-21(27)18-14-7-8-15(17-9-16(14)17)19(18)22(24)28/h3-8,10,14-19H,9H2,1-2H3,(H,23,26)/t10-,14-,15-,16-,17-,18-,19+/m1/s1. The minimum absolute atomic E-state index is 0.0524. The molecule has 0 aromatic heterocycles. The highest BCUT2D eigenvalue weighted by atomic mass is 16.2. The zero-order valence-corrected chi connectivity index (χ0v) is 15.8. The van der Waals surface area contributed by atoms with Crippen molar-refractivity contribution in [3.63, 3.8) is 0 Å². The molecule has 6 nitrogen and oxygen atoms in total. The van der Waals surface area contributed by atoms with Crippen LogP contribution in [0.3, 0.4) is 0 Å². The number of rotatable bonds is 4. The van der Waals surface area contributed by atoms with Crippen molar-refractivity contribution in [1.29, 1.82) is 0 Å². The molecule has 28 heavy (non-hydrogen) atoms. The Morgan fingerprint density at radius 2 is 1.54 bits per heavy atom. The summed E-state index contributed by atoms with van der Waals surface area (Å²) < 4.78 is 0. The molecule has 7 atom stereocenters. The van der Waals surface area contributed by atoms with E-state index in [1.165, 1.54) is 11.8 Å². The lowest BCUT2D eigenvalue weighted by Gasteiger charge is -2.37. The quantitative estimate of drug-likeness (QED) is 0.495. The van der Waals surface area contributed by atoms with Gasteiger partial charge in [0, 0.05) is 11.3 Å². The topological polar surface area (TPSA) is 83.6 Å². The summed E-state index contributed by atoms with van der Waals surface area (Å²) in [7, 11) is 0. The van der Waals surface area contributed by atoms with Crippen molar-refractivity contribution in [3.05, 3.63) is 42.0 Å². The zero-order chi connectivity index (χ0) is 19.7. The molecule has 6 rings (SSSR count). The molecule has 0 unspecified atom stereocenters. The lowest BCUT2D eigenvalue weighted by atomic mass is 9.63. The molecule has 2 bridgehead atoms. The van der Waals surface area contributed by atoms with Crippen molar-refractivity contribution in [3.8, 4) is 0 Å². The Kier molecular flexibility index (Phi) is 3.63. The van der Waals surface area contributed by atoms with Gasteiger partial charge in [-0.1, -0.05) is 12.2 Å². The van der Waals surface area contributed by atoms with Crippen molar-refractivity contribution in [1.82, 2.24) is 4.90 Å². The van der Waals surface area contributed by atoms with Crippen LogP contribution < -0.4 is 5.32 Å². The van der Waals surface area contributed by atoms with Crippen LogP contribution in [-0.2, 0) is 14.4 Å². The predicted molar refractivity (Wildman–Crippen MR) is 101 cm³/mol. The fourth-order valence-corrected chi connectivity index (χ4v) is 5.51. The molecule has 5 aliphatic rings. The van der Waals surface area contributed by atoms with Crippen LogP contribution in [0.15, 0.2) is 36.4 Å². The molecule has 1 N–H and O–H groups in total. The van der Waals surface area contributed by atoms with Crippen LogP contribution in [0.4, 0.5) is 5.69 Å². The summed E-state index contributed by atoms with van der Waals surface area (Å²) in [4.78, 5) is 51.4. The molecule has 1 aromatic rings. The number of carbonyl (C=O) groups excluding carboxylic acids is 4. The molecule has 4 aliphatic carbocycles. The molecule has 1 saturated heterocycles. The van der Waals surface area contributed by atoms with E-state index < -0.39 is 11.9 Å². The minimum atomic E-state index is -0.867. The van der Waals surface area contributed by atoms with Gasteiger partial charge in [-0.15, -0.1) is 0 Å². The first kappa shape index (κ1) is 17.3. The van der Waals surface area contributed by atoms with Gasteiger partial charge in [-0.05, 0) is 68.2 Å². The number of hydrogen-bond acceptors (Lipinski definition) is 4. The van der Waals surface area contributed by atoms with Gasteiger partial charge in [-0.2, -0.15) is 0 Å². The third-order valence-corrected chi connectivity index (χ3v) is 7.02. The highest BCUT2D eigenvalue weighted by Gasteiger charge is 2.67. The lowest BCUT2D eigenvalue weighted by molar-refractivity contribution is -0.146. The number of benzene rings is 1. The number of imide groups is 1. The molecule has 144 valence electrons. The first-order valence-electron chi connectivity index (χ1n) is 9.85. The number of amides is 3. The second-order valence-corrected chi connectivity index (χ2v) is 8.50. The number of allylic oxidation sites excluding steroid dienone is 2. The van der Waals surface area contributed by atoms with Crippen LogP contribution in [0, 0.1) is 35.5 Å². The van der Waals surface area contributed by atoms with E-state index in [1.54, 1.807) is 31.2 Å². The summed E-state index contributed by atoms with van der Waals surface area (Å²) in [6.45, 7) is 3.08. The average Bonchev–Trinajstić information content (AvgIpc) is 3.45. The Morgan fingerprint density at radius 3 is 2.04 bits per heavy atom. The van der Waals surface area contributed by atoms with Crippen molar-refractivity contribution in [2.24, 2.45) is 35.5 Å². The number of anilines is 1. The summed E-state index contributed by atoms with van der Waals surface area (Å²) in [5.41, 5.74) is 1.09. The molecular weight excluding hydrogens is 356 g/mol. The molecule has 3 amide bonds. The first-order valence-corrected chi connectivity index (χ1v) is 9.85. The van der Waals surface area contributed by atoms with Gasteiger partial charge in [0.15, 0.2) is 5.78 Å². The van der Waals surface area contributed by atoms with Crippen LogP contribution >= 0.6 is 0 Å². The van der Waals surface area contributed by atoms with Gasteiger partial charge < -0.3 is 5.32 Å². The molecule has 1 aliphatic heterocycles. The number of nitrogens with zero attached hydrogens (tertiary/aromatic N) is 1. The van der Waals surface area contributed by atoms with Crippen molar-refractivity contribution in [2.45, 2.75) is 26.3 Å². The Labute approximate surface area is 163 Å². The van der Waals surface area contributed by atoms with E-state index in [9.17, 15) is 19.2 Å². The predicted octanol–water partition coefficient (Wildman–Crippen LogP) is 2.27. The van der Waals surface area contributed by atoms with E-state index in [0.29, 0.717) is 23.1 Å². The van der Waals surface area contributed by atoms with E-state index in [0.717, 1.165) is 6.42 Å². The van der Waals surface area contributed by atoms with Gasteiger partial charge in [-0.3, -0.25) is 24.1 Å². The third kappa shape index (κ3) is 2.33. The van der Waals surface area contributed by atoms with Gasteiger partial charge >= 0.3 is 0 Å². The fraction of sp³-hybridized carbons (Fsp3) is 0.455. The monoisotopic (exact) mass is 378 g/mol. The van der Waals surface area contributed by atoms with Gasteiger partial charge in [0.2, 0.25) is 17.7 Å². The number of hydrogen-bond donors (Lipinski definition) is 1. The van der Waals surface area contributed by atoms with Crippen LogP contribution in [0.25, 0.3) is 0 Å². The van der Waals surface area contributed by atoms with Crippen molar-refractivity contribution >= 4 is 29.2 Å². The first-order chi connectivity index (χ1) is 13.4. The average molecular weight is 378 g/mol. The summed E-state index contributed by atoms with van der Waals surface area (Å²) in [6.07, 6.45) is 5.36. The van der Waals surface area contributed by atoms with Gasteiger partial charge in [0.1, 0.15) is 6.04 Å². The number of likely N-dealkylation sites (tertiary alicyclic amines) is 1. The maximum absolute atomic E-state index is 13.1. The number of nitrogens with one attached hydrogen (secondary N) is 1. The number of carbonyl (C=O) groups is 4. The maximum Gasteiger partial charge on any atom is 0.247 e. The zero-order valence-electron chi connectivity index (χ0n) is 15.8. The van der Waals surface area contributed by atoms with Crippen LogP contribution in [-0.4, -0.2) is 34.4 Å². The highest BCUT2D eigenvalue weighted by molar-refractivity contribution is 6.10. The lowest BCUT2D eigenvalue weighted by Crippen LogP contribution is -2.46. The molecule has 0 radical (unpaired) electrons. The van der Waals surface area contributed by atoms with E-state index in [-0.39, 0.29) is 41.3 Å². The van der Waals surface area contributed by atoms with Gasteiger partial charge in [0.25, 0.3) is 0 Å². The molecule has 1 heterocycles. The molecule has 6 heteroatoms. The van der Waals surface area contributed by atoms with Crippen LogP contribution in [0.1, 0.15) is 30.6 Å². The molecular formula is C22H22N2O4. The van der Waals surface area contributed by atoms with E-state index in [4.69, 9.17) is 0 Å². The van der Waals surface area contributed by atoms with Crippen molar-refractivity contribution in [2.75, 3.05) is 5.32 Å². The van der Waals surface area contributed by atoms with E-state index in [2.05, 4.69) is 17.5 Å². The second kappa shape index (κ2) is 5.87. The Morgan fingerprint density at radius 1 is 1.00 bits per heavy atom. The molecule has 0 spiro atoms. The minimum Gasteiger partial charge on any atom is -0.324 e. The fourth-order valence-electron chi connectivity index (χ4n) is 5.51. The number of ketones is 1. The van der Waals surface area contributed by atoms with E-state index >= 15 is 0 Å². The van der Waals surface area contributed by atoms with E-state index in [1.807, 2.05) is 0 Å². The Hall–Kier alpha value is -2.76. The summed E-state index contributed by atoms with van der Waals surface area (Å²) in [6, 6.07) is 5.70. The van der Waals surface area contributed by atoms with Crippen LogP contribution in [0.5, 0.6) is 0 Å². The number of Topliss-reactive ketones (excluding diaryl/α,β-unsaturated/α-hetero) is 1. The highest BCUT2D eigenvalue weighted by Crippen LogP contribution is 2.65. The maximum atomic E-state index is 13.1. The second-order valence-electron chi connectivity index (χ2n) is 8.50. The third-order valence-electron chi connectivity index (χ3n) is 7.02. The SMILES string of the molecule is CC(=O)c1ccc(NC(=O)[C@@H](C)N2C(=O)[C@@H]3[C@@H]4C=C[C@H]([C@H]5C[C@H]45)[C@@H]3C2=O)cc1. The normalized spacial score (nSPS) is 35.4. The summed E-state index contributed by atoms with van der Waals surface area (Å²) >= 11 is 0. The summed E-state index contributed by atoms with van der Waals surface area (Å²) in [5.74, 6) is -0.0681. The Balaban J connectivity index is 1.33. The Bertz CT molecular complexity index is 898. The van der Waals surface area contributed by atoms with Crippen LogP contribution in [0.2, 0.25) is 0 Å². The molecule has 1 aromatic carbocycles. The van der Waals surface area contributed by atoms with Gasteiger partial charge in [0.05, 0.1) is 11.8 Å². The summed E-state index contributed by atoms with van der Waals surface area (Å²) in [5, 5.41) is 2.75. The van der Waals surface area contributed by atoms with Crippen molar-refractivity contribution < 1.29 is 19.2 Å². The molecule has 2 saturated carbocycles.